The molecule has 3 aromatic rings. The number of pyridine rings is 1. The van der Waals surface area contributed by atoms with Gasteiger partial charge in [0.25, 0.3) is 0 Å². The van der Waals surface area contributed by atoms with Gasteiger partial charge < -0.3 is 14.7 Å². The first kappa shape index (κ1) is 13.2. The van der Waals surface area contributed by atoms with Crippen molar-refractivity contribution in [3.8, 4) is 0 Å². The van der Waals surface area contributed by atoms with Gasteiger partial charge in [-0.3, -0.25) is 0 Å². The van der Waals surface area contributed by atoms with E-state index in [2.05, 4.69) is 33.5 Å². The predicted molar refractivity (Wildman–Crippen MR) is 79.9 cm³/mol. The second-order valence-electron chi connectivity index (χ2n) is 4.82. The zero-order valence-electron chi connectivity index (χ0n) is 11.5. The standard InChI is InChI=1S/C14H17N5S/c1-10(2)17-9-11-13(20-14-15-6-7-16-14)18-12-5-3-4-8-19(11)12/h3-8,10,17H,9H2,1-2H3,(H,15,16). The van der Waals surface area contributed by atoms with Gasteiger partial charge in [-0.2, -0.15) is 0 Å². The summed E-state index contributed by atoms with van der Waals surface area (Å²) in [5.74, 6) is 0. The Morgan fingerprint density at radius 2 is 2.30 bits per heavy atom. The van der Waals surface area contributed by atoms with Crippen LogP contribution >= 0.6 is 11.8 Å². The van der Waals surface area contributed by atoms with Crippen LogP contribution < -0.4 is 5.32 Å². The zero-order valence-corrected chi connectivity index (χ0v) is 12.3. The summed E-state index contributed by atoms with van der Waals surface area (Å²) in [7, 11) is 0. The minimum atomic E-state index is 0.436. The predicted octanol–water partition coefficient (Wildman–Crippen LogP) is 2.71. The summed E-state index contributed by atoms with van der Waals surface area (Å²) in [6.07, 6.45) is 5.63. The van der Waals surface area contributed by atoms with E-state index >= 15 is 0 Å². The van der Waals surface area contributed by atoms with Crippen molar-refractivity contribution in [3.63, 3.8) is 0 Å². The van der Waals surface area contributed by atoms with Crippen LogP contribution in [0.25, 0.3) is 5.65 Å². The first-order chi connectivity index (χ1) is 9.74. The molecule has 0 aromatic carbocycles. The van der Waals surface area contributed by atoms with Gasteiger partial charge in [-0.25, -0.2) is 9.97 Å². The van der Waals surface area contributed by atoms with Crippen LogP contribution in [-0.4, -0.2) is 25.4 Å². The highest BCUT2D eigenvalue weighted by molar-refractivity contribution is 7.99. The maximum atomic E-state index is 4.69. The Balaban J connectivity index is 1.98. The van der Waals surface area contributed by atoms with Crippen LogP contribution in [0.1, 0.15) is 19.5 Å². The number of imidazole rings is 2. The lowest BCUT2D eigenvalue weighted by Crippen LogP contribution is -2.23. The third-order valence-corrected chi connectivity index (χ3v) is 3.87. The van der Waals surface area contributed by atoms with Gasteiger partial charge in [0.1, 0.15) is 10.7 Å². The van der Waals surface area contributed by atoms with Gasteiger partial charge in [0, 0.05) is 31.2 Å². The molecule has 0 atom stereocenters. The van der Waals surface area contributed by atoms with Crippen molar-refractivity contribution in [2.24, 2.45) is 0 Å². The topological polar surface area (TPSA) is 58.0 Å². The van der Waals surface area contributed by atoms with E-state index < -0.39 is 0 Å². The molecule has 0 aliphatic rings. The molecule has 0 saturated heterocycles. The molecule has 104 valence electrons. The number of H-pyrrole nitrogens is 1. The molecular weight excluding hydrogens is 270 g/mol. The van der Waals surface area contributed by atoms with Crippen molar-refractivity contribution in [2.75, 3.05) is 0 Å². The first-order valence-corrected chi connectivity index (χ1v) is 7.42. The lowest BCUT2D eigenvalue weighted by atomic mass is 10.3. The minimum absolute atomic E-state index is 0.436. The molecule has 0 fully saturated rings. The molecule has 5 nitrogen and oxygen atoms in total. The van der Waals surface area contributed by atoms with Gasteiger partial charge >= 0.3 is 0 Å². The summed E-state index contributed by atoms with van der Waals surface area (Å²) >= 11 is 1.56. The second-order valence-corrected chi connectivity index (χ2v) is 5.80. The highest BCUT2D eigenvalue weighted by atomic mass is 32.2. The highest BCUT2D eigenvalue weighted by Crippen LogP contribution is 2.28. The molecule has 3 aromatic heterocycles. The lowest BCUT2D eigenvalue weighted by molar-refractivity contribution is 0.574. The molecule has 2 N–H and O–H groups in total. The van der Waals surface area contributed by atoms with Crippen molar-refractivity contribution in [1.82, 2.24) is 24.7 Å². The average molecular weight is 287 g/mol. The largest absolute Gasteiger partial charge is 0.339 e. The summed E-state index contributed by atoms with van der Waals surface area (Å²) in [6, 6.07) is 6.48. The van der Waals surface area contributed by atoms with E-state index in [0.717, 1.165) is 28.1 Å². The third-order valence-electron chi connectivity index (χ3n) is 2.94. The lowest BCUT2D eigenvalue weighted by Gasteiger charge is -2.09. The summed E-state index contributed by atoms with van der Waals surface area (Å²) in [4.78, 5) is 12.1. The quantitative estimate of drug-likeness (QED) is 0.757. The second kappa shape index (κ2) is 5.68. The van der Waals surface area contributed by atoms with Gasteiger partial charge in [-0.05, 0) is 23.9 Å². The summed E-state index contributed by atoms with van der Waals surface area (Å²) in [5.41, 5.74) is 2.12. The van der Waals surface area contributed by atoms with E-state index in [9.17, 15) is 0 Å². The number of nitrogens with zero attached hydrogens (tertiary/aromatic N) is 3. The fourth-order valence-corrected chi connectivity index (χ4v) is 2.82. The molecule has 0 spiro atoms. The Hall–Kier alpha value is -1.79. The van der Waals surface area contributed by atoms with E-state index in [0.29, 0.717) is 6.04 Å². The van der Waals surface area contributed by atoms with Crippen LogP contribution in [0.2, 0.25) is 0 Å². The molecule has 0 unspecified atom stereocenters. The van der Waals surface area contributed by atoms with Crippen LogP contribution in [0, 0.1) is 0 Å². The van der Waals surface area contributed by atoms with Gasteiger partial charge in [0.15, 0.2) is 5.16 Å². The van der Waals surface area contributed by atoms with E-state index in [1.54, 1.807) is 18.0 Å². The van der Waals surface area contributed by atoms with Gasteiger partial charge in [-0.15, -0.1) is 0 Å². The summed E-state index contributed by atoms with van der Waals surface area (Å²) in [5, 5.41) is 5.30. The number of fused-ring (bicyclic) bond motifs is 1. The molecule has 20 heavy (non-hydrogen) atoms. The zero-order chi connectivity index (χ0) is 13.9. The van der Waals surface area contributed by atoms with E-state index in [1.807, 2.05) is 30.6 Å². The molecule has 6 heteroatoms. The Morgan fingerprint density at radius 1 is 1.40 bits per heavy atom. The summed E-state index contributed by atoms with van der Waals surface area (Å²) in [6.45, 7) is 5.07. The van der Waals surface area contributed by atoms with Gasteiger partial charge in [0.2, 0.25) is 0 Å². The molecule has 0 aliphatic heterocycles. The van der Waals surface area contributed by atoms with E-state index in [4.69, 9.17) is 4.98 Å². The highest BCUT2D eigenvalue weighted by Gasteiger charge is 2.14. The normalized spacial score (nSPS) is 11.6. The molecule has 0 radical (unpaired) electrons. The van der Waals surface area contributed by atoms with Crippen molar-refractivity contribution in [1.29, 1.82) is 0 Å². The number of aromatic nitrogens is 4. The van der Waals surface area contributed by atoms with Crippen molar-refractivity contribution in [3.05, 3.63) is 42.5 Å². The maximum Gasteiger partial charge on any atom is 0.171 e. The average Bonchev–Trinajstić information content (AvgIpc) is 3.04. The maximum absolute atomic E-state index is 4.69. The molecule has 0 bridgehead atoms. The van der Waals surface area contributed by atoms with Gasteiger partial charge in [0.05, 0.1) is 5.69 Å². The third kappa shape index (κ3) is 2.71. The van der Waals surface area contributed by atoms with Crippen molar-refractivity contribution >= 4 is 17.4 Å². The molecule has 0 aliphatic carbocycles. The van der Waals surface area contributed by atoms with Crippen LogP contribution in [0.5, 0.6) is 0 Å². The Morgan fingerprint density at radius 3 is 3.05 bits per heavy atom. The Kier molecular flexibility index (Phi) is 3.75. The summed E-state index contributed by atoms with van der Waals surface area (Å²) < 4.78 is 2.13. The minimum Gasteiger partial charge on any atom is -0.339 e. The number of aromatic amines is 1. The number of nitrogens with one attached hydrogen (secondary N) is 2. The van der Waals surface area contributed by atoms with Gasteiger partial charge in [-0.1, -0.05) is 19.9 Å². The SMILES string of the molecule is CC(C)NCc1c(Sc2ncc[nH]2)nc2ccccn12. The molecule has 3 rings (SSSR count). The van der Waals surface area contributed by atoms with Crippen LogP contribution in [0.3, 0.4) is 0 Å². The number of hydrogen-bond acceptors (Lipinski definition) is 4. The first-order valence-electron chi connectivity index (χ1n) is 6.60. The molecular formula is C14H17N5S. The van der Waals surface area contributed by atoms with Crippen LogP contribution in [0.4, 0.5) is 0 Å². The van der Waals surface area contributed by atoms with Crippen molar-refractivity contribution < 1.29 is 0 Å². The molecule has 0 amide bonds. The monoisotopic (exact) mass is 287 g/mol. The number of rotatable bonds is 5. The van der Waals surface area contributed by atoms with E-state index in [-0.39, 0.29) is 0 Å². The smallest absolute Gasteiger partial charge is 0.171 e. The Bertz CT molecular complexity index is 687. The fraction of sp³-hybridized carbons (Fsp3) is 0.286. The molecule has 0 saturated carbocycles. The Labute approximate surface area is 121 Å². The number of hydrogen-bond donors (Lipinski definition) is 2. The van der Waals surface area contributed by atoms with Crippen molar-refractivity contribution in [2.45, 2.75) is 36.6 Å². The molecule has 3 heterocycles. The van der Waals surface area contributed by atoms with Crippen LogP contribution in [0.15, 0.2) is 47.0 Å². The van der Waals surface area contributed by atoms with E-state index in [1.165, 1.54) is 0 Å². The van der Waals surface area contributed by atoms with Crippen LogP contribution in [-0.2, 0) is 6.54 Å². The fourth-order valence-electron chi connectivity index (χ4n) is 1.97.